The number of nitrogens with zero attached hydrogens (tertiary/aromatic N) is 4. The highest BCUT2D eigenvalue weighted by molar-refractivity contribution is 5.95. The summed E-state index contributed by atoms with van der Waals surface area (Å²) < 4.78 is 24.6. The minimum absolute atomic E-state index is 0.123. The lowest BCUT2D eigenvalue weighted by Crippen LogP contribution is -2.40. The number of imidazole rings is 1. The lowest BCUT2D eigenvalue weighted by Gasteiger charge is -2.31. The second-order valence-electron chi connectivity index (χ2n) is 11.5. The molecule has 0 spiro atoms. The van der Waals surface area contributed by atoms with Crippen molar-refractivity contribution >= 4 is 34.0 Å². The summed E-state index contributed by atoms with van der Waals surface area (Å²) >= 11 is 0. The van der Waals surface area contributed by atoms with E-state index in [0.29, 0.717) is 36.8 Å². The topological polar surface area (TPSA) is 89.6 Å². The molecule has 0 saturated heterocycles. The molecule has 2 aromatic carbocycles. The van der Waals surface area contributed by atoms with Crippen LogP contribution in [0.2, 0.25) is 0 Å². The molecule has 6 rings (SSSR count). The third kappa shape index (κ3) is 4.19. The summed E-state index contributed by atoms with van der Waals surface area (Å²) in [5, 5.41) is 10.5. The largest absolute Gasteiger partial charge is 0.478 e. The number of carbonyl (C=O) groups excluding carboxylic acids is 1. The zero-order valence-electron chi connectivity index (χ0n) is 22.0. The summed E-state index contributed by atoms with van der Waals surface area (Å²) in [6.45, 7) is 7.49. The van der Waals surface area contributed by atoms with Crippen LogP contribution in [0.5, 0.6) is 0 Å². The molecular formula is C29H31FN4O4. The van der Waals surface area contributed by atoms with Gasteiger partial charge in [-0.1, -0.05) is 12.1 Å². The number of aryl methyl sites for hydroxylation is 1. The maximum atomic E-state index is 15.0. The molecule has 0 radical (unpaired) electrons. The van der Waals surface area contributed by atoms with Crippen molar-refractivity contribution < 1.29 is 23.8 Å². The van der Waals surface area contributed by atoms with Gasteiger partial charge in [0.2, 0.25) is 0 Å². The Morgan fingerprint density at radius 2 is 1.92 bits per heavy atom. The van der Waals surface area contributed by atoms with E-state index in [0.717, 1.165) is 34.8 Å². The van der Waals surface area contributed by atoms with Gasteiger partial charge in [0.25, 0.3) is 0 Å². The van der Waals surface area contributed by atoms with E-state index in [9.17, 15) is 19.1 Å². The Morgan fingerprint density at radius 3 is 2.61 bits per heavy atom. The molecule has 1 amide bonds. The number of carboxylic acid groups (broad SMARTS) is 1. The van der Waals surface area contributed by atoms with Gasteiger partial charge in [-0.15, -0.1) is 0 Å². The number of ether oxygens (including phenoxy) is 1. The van der Waals surface area contributed by atoms with Crippen molar-refractivity contribution in [2.75, 3.05) is 6.54 Å². The molecule has 9 heteroatoms. The summed E-state index contributed by atoms with van der Waals surface area (Å²) in [6, 6.07) is 8.71. The molecule has 0 unspecified atom stereocenters. The van der Waals surface area contributed by atoms with E-state index < -0.39 is 17.4 Å². The number of benzene rings is 2. The molecule has 3 heterocycles. The summed E-state index contributed by atoms with van der Waals surface area (Å²) in [6.07, 6.45) is 2.73. The minimum Gasteiger partial charge on any atom is -0.478 e. The van der Waals surface area contributed by atoms with Gasteiger partial charge in [0.05, 0.1) is 22.3 Å². The fourth-order valence-electron chi connectivity index (χ4n) is 5.50. The van der Waals surface area contributed by atoms with Gasteiger partial charge in [0.15, 0.2) is 5.82 Å². The van der Waals surface area contributed by atoms with Crippen LogP contribution in [0.3, 0.4) is 0 Å². The van der Waals surface area contributed by atoms with Crippen molar-refractivity contribution in [2.45, 2.75) is 58.7 Å². The van der Waals surface area contributed by atoms with Crippen molar-refractivity contribution in [3.8, 4) is 11.5 Å². The first kappa shape index (κ1) is 24.5. The van der Waals surface area contributed by atoms with Gasteiger partial charge in [-0.3, -0.25) is 0 Å². The molecule has 38 heavy (non-hydrogen) atoms. The van der Waals surface area contributed by atoms with Crippen LogP contribution in [-0.4, -0.2) is 48.3 Å². The third-order valence-corrected chi connectivity index (χ3v) is 7.45. The Hall–Kier alpha value is -3.88. The molecule has 0 bridgehead atoms. The molecule has 8 nitrogen and oxygen atoms in total. The number of amides is 1. The molecule has 0 atom stereocenters. The Labute approximate surface area is 219 Å². The van der Waals surface area contributed by atoms with E-state index in [1.165, 1.54) is 24.5 Å². The zero-order valence-corrected chi connectivity index (χ0v) is 22.0. The van der Waals surface area contributed by atoms with Gasteiger partial charge in [0, 0.05) is 32.1 Å². The number of hydrogen-bond donors (Lipinski definition) is 1. The number of fused-ring (bicyclic) bond motifs is 4. The number of aromatic carboxylic acids is 1. The predicted molar refractivity (Wildman–Crippen MR) is 142 cm³/mol. The fraction of sp³-hybridized carbons (Fsp3) is 0.414. The third-order valence-electron chi connectivity index (χ3n) is 7.45. The molecule has 1 aliphatic carbocycles. The van der Waals surface area contributed by atoms with E-state index in [1.807, 2.05) is 20.8 Å². The van der Waals surface area contributed by atoms with E-state index in [4.69, 9.17) is 9.72 Å². The number of carboxylic acids is 1. The number of carbonyl (C=O) groups is 2. The van der Waals surface area contributed by atoms with Crippen LogP contribution in [0, 0.1) is 11.7 Å². The van der Waals surface area contributed by atoms with E-state index in [2.05, 4.69) is 22.8 Å². The molecule has 2 aliphatic rings. The first-order valence-electron chi connectivity index (χ1n) is 13.0. The summed E-state index contributed by atoms with van der Waals surface area (Å²) in [4.78, 5) is 30.7. The maximum Gasteiger partial charge on any atom is 0.410 e. The van der Waals surface area contributed by atoms with E-state index >= 15 is 0 Å². The lowest BCUT2D eigenvalue weighted by atomic mass is 9.97. The highest BCUT2D eigenvalue weighted by atomic mass is 19.1. The Balaban J connectivity index is 1.47. The summed E-state index contributed by atoms with van der Waals surface area (Å²) in [7, 11) is 1.77. The monoisotopic (exact) mass is 518 g/mol. The van der Waals surface area contributed by atoms with Gasteiger partial charge in [-0.25, -0.2) is 19.0 Å². The molecule has 1 aliphatic heterocycles. The highest BCUT2D eigenvalue weighted by Crippen LogP contribution is 2.39. The predicted octanol–water partition coefficient (Wildman–Crippen LogP) is 5.74. The van der Waals surface area contributed by atoms with Gasteiger partial charge >= 0.3 is 12.1 Å². The molecule has 4 aromatic rings. The second-order valence-corrected chi connectivity index (χ2v) is 11.5. The average Bonchev–Trinajstić information content (AvgIpc) is 3.50. The SMILES string of the molecule is Cn1c(-c2cc3ccc4c(c3n2CC2CC2)CCN(C(=O)OC(C)(C)C)C4)nc2cc(C(=O)O)cc(F)c21. The standard InChI is InChI=1S/C29H31FN4O4/c1-29(2,3)38-28(37)33-10-9-20-18(15-33)8-7-17-13-23(34(24(17)20)14-16-5-6-16)26-31-22-12-19(27(35)36)11-21(30)25(22)32(26)4/h7-8,11-13,16H,5-6,9-10,14-15H2,1-4H3,(H,35,36). The van der Waals surface area contributed by atoms with Crippen LogP contribution >= 0.6 is 0 Å². The van der Waals surface area contributed by atoms with Crippen molar-refractivity contribution in [2.24, 2.45) is 13.0 Å². The first-order chi connectivity index (χ1) is 18.0. The van der Waals surface area contributed by atoms with Crippen molar-refractivity contribution in [1.29, 1.82) is 0 Å². The Bertz CT molecular complexity index is 1620. The molecule has 1 N–H and O–H groups in total. The van der Waals surface area contributed by atoms with Gasteiger partial charge in [0.1, 0.15) is 16.9 Å². The van der Waals surface area contributed by atoms with Crippen LogP contribution < -0.4 is 0 Å². The maximum absolute atomic E-state index is 15.0. The fourth-order valence-corrected chi connectivity index (χ4v) is 5.50. The molecule has 198 valence electrons. The number of hydrogen-bond acceptors (Lipinski definition) is 4. The Morgan fingerprint density at radius 1 is 1.16 bits per heavy atom. The van der Waals surface area contributed by atoms with E-state index in [-0.39, 0.29) is 17.2 Å². The van der Waals surface area contributed by atoms with Crippen LogP contribution in [-0.2, 0) is 31.3 Å². The Kier molecular flexibility index (Phi) is 5.52. The summed E-state index contributed by atoms with van der Waals surface area (Å²) in [5.74, 6) is -0.621. The number of rotatable bonds is 4. The van der Waals surface area contributed by atoms with Crippen molar-refractivity contribution in [3.05, 3.63) is 52.8 Å². The van der Waals surface area contributed by atoms with Crippen molar-refractivity contribution in [3.63, 3.8) is 0 Å². The first-order valence-corrected chi connectivity index (χ1v) is 13.0. The zero-order chi connectivity index (χ0) is 26.9. The molecule has 2 aromatic heterocycles. The van der Waals surface area contributed by atoms with E-state index in [1.54, 1.807) is 16.5 Å². The second kappa shape index (κ2) is 8.58. The van der Waals surface area contributed by atoms with Gasteiger partial charge in [-0.2, -0.15) is 0 Å². The van der Waals surface area contributed by atoms with Crippen LogP contribution in [0.25, 0.3) is 33.5 Å². The van der Waals surface area contributed by atoms with Crippen LogP contribution in [0.4, 0.5) is 9.18 Å². The molecular weight excluding hydrogens is 487 g/mol. The van der Waals surface area contributed by atoms with Gasteiger partial charge in [-0.05, 0) is 75.3 Å². The number of aromatic nitrogens is 3. The quantitative estimate of drug-likeness (QED) is 0.372. The average molecular weight is 519 g/mol. The smallest absolute Gasteiger partial charge is 0.410 e. The minimum atomic E-state index is -1.19. The molecule has 1 saturated carbocycles. The normalized spacial score (nSPS) is 15.8. The molecule has 1 fully saturated rings. The van der Waals surface area contributed by atoms with Crippen LogP contribution in [0.15, 0.2) is 30.3 Å². The highest BCUT2D eigenvalue weighted by Gasteiger charge is 2.30. The van der Waals surface area contributed by atoms with Crippen LogP contribution in [0.1, 0.15) is 55.1 Å². The summed E-state index contributed by atoms with van der Waals surface area (Å²) in [5.41, 5.74) is 4.25. The number of halogens is 1. The van der Waals surface area contributed by atoms with Gasteiger partial charge < -0.3 is 23.9 Å². The lowest BCUT2D eigenvalue weighted by molar-refractivity contribution is 0.0224. The van der Waals surface area contributed by atoms with Crippen molar-refractivity contribution in [1.82, 2.24) is 19.0 Å².